The molecule has 0 aromatic rings. The third kappa shape index (κ3) is 9.89. The molecule has 0 amide bonds. The zero-order chi connectivity index (χ0) is 9.45. The lowest BCUT2D eigenvalue weighted by atomic mass is 10.2. The molecule has 0 bridgehead atoms. The van der Waals surface area contributed by atoms with Gasteiger partial charge in [0, 0.05) is 0 Å². The lowest BCUT2D eigenvalue weighted by molar-refractivity contribution is 0.728. The zero-order valence-corrected chi connectivity index (χ0v) is 9.57. The molecule has 0 aliphatic heterocycles. The van der Waals surface area contributed by atoms with Crippen molar-refractivity contribution in [3.63, 3.8) is 0 Å². The molecule has 72 valence electrons. The first-order chi connectivity index (χ1) is 5.56. The fourth-order valence-electron chi connectivity index (χ4n) is 0.994. The Kier molecular flexibility index (Phi) is 6.35. The van der Waals surface area contributed by atoms with E-state index < -0.39 is 8.41 Å². The van der Waals surface area contributed by atoms with Crippen LogP contribution >= 0.6 is 0 Å². The van der Waals surface area contributed by atoms with Crippen LogP contribution in [0.1, 0.15) is 32.6 Å². The van der Waals surface area contributed by atoms with Crippen molar-refractivity contribution >= 4 is 8.41 Å². The molecular weight excluding hydrogens is 167 g/mol. The number of rotatable bonds is 6. The highest BCUT2D eigenvalue weighted by molar-refractivity contribution is 6.70. The Bertz CT molecular complexity index is 124. The molecule has 0 fully saturated rings. The number of unbranched alkanes of at least 4 members (excludes halogenated alkanes) is 3. The summed E-state index contributed by atoms with van der Waals surface area (Å²) in [7, 11) is -2.31. The van der Waals surface area contributed by atoms with Crippen molar-refractivity contribution in [3.8, 4) is 0 Å². The van der Waals surface area contributed by atoms with Crippen molar-refractivity contribution in [2.75, 3.05) is 0 Å². The Hall–Kier alpha value is -0.113. The molecule has 0 saturated carbocycles. The van der Waals surface area contributed by atoms with Gasteiger partial charge in [-0.3, -0.25) is 0 Å². The van der Waals surface area contributed by atoms with E-state index in [1.165, 1.54) is 19.3 Å². The van der Waals surface area contributed by atoms with Crippen molar-refractivity contribution in [1.29, 1.82) is 0 Å². The second kappa shape index (κ2) is 6.41. The summed E-state index contributed by atoms with van der Waals surface area (Å²) in [5, 5.41) is 0. The van der Waals surface area contributed by atoms with Crippen LogP contribution in [0, 0.1) is 0 Å². The van der Waals surface area contributed by atoms with Gasteiger partial charge in [0.2, 0.25) is 8.41 Å². The van der Waals surface area contributed by atoms with Gasteiger partial charge in [-0.1, -0.05) is 31.9 Å². The first-order valence-electron chi connectivity index (χ1n) is 4.90. The summed E-state index contributed by atoms with van der Waals surface area (Å²) in [5.41, 5.74) is 0. The molecular formula is C10H21FSi. The Balaban J connectivity index is 3.26. The Morgan fingerprint density at radius 3 is 2.33 bits per heavy atom. The molecule has 0 aliphatic carbocycles. The van der Waals surface area contributed by atoms with E-state index in [4.69, 9.17) is 0 Å². The second-order valence-corrected chi connectivity index (χ2v) is 7.74. The van der Waals surface area contributed by atoms with Gasteiger partial charge >= 0.3 is 0 Å². The largest absolute Gasteiger partial charge is 0.314 e. The molecule has 0 atom stereocenters. The first-order valence-corrected chi connectivity index (χ1v) is 7.98. The molecule has 0 N–H and O–H groups in total. The quantitative estimate of drug-likeness (QED) is 0.252. The van der Waals surface area contributed by atoms with Crippen molar-refractivity contribution in [2.24, 2.45) is 0 Å². The average molecular weight is 188 g/mol. The summed E-state index contributed by atoms with van der Waals surface area (Å²) in [4.78, 5) is 0. The second-order valence-electron chi connectivity index (χ2n) is 3.89. The third-order valence-corrected chi connectivity index (χ3v) is 2.95. The minimum absolute atomic E-state index is 0.680. The minimum Gasteiger partial charge on any atom is -0.314 e. The SMILES string of the molecule is CCCCC/C=C/C[Si](C)(C)F. The van der Waals surface area contributed by atoms with Gasteiger partial charge in [0.05, 0.1) is 0 Å². The monoisotopic (exact) mass is 188 g/mol. The minimum atomic E-state index is -2.31. The van der Waals surface area contributed by atoms with Gasteiger partial charge in [-0.05, 0) is 32.0 Å². The van der Waals surface area contributed by atoms with Gasteiger partial charge in [-0.2, -0.15) is 0 Å². The van der Waals surface area contributed by atoms with Gasteiger partial charge in [0.1, 0.15) is 0 Å². The topological polar surface area (TPSA) is 0 Å². The molecule has 12 heavy (non-hydrogen) atoms. The summed E-state index contributed by atoms with van der Waals surface area (Å²) in [6.07, 6.45) is 9.07. The number of allylic oxidation sites excluding steroid dienone is 2. The Morgan fingerprint density at radius 2 is 1.83 bits per heavy atom. The number of hydrogen-bond acceptors (Lipinski definition) is 0. The van der Waals surface area contributed by atoms with Crippen LogP contribution in [0.15, 0.2) is 12.2 Å². The normalized spacial score (nSPS) is 12.7. The molecule has 0 saturated heterocycles. The number of halogens is 1. The zero-order valence-electron chi connectivity index (χ0n) is 8.57. The van der Waals surface area contributed by atoms with E-state index in [9.17, 15) is 4.11 Å². The lowest BCUT2D eigenvalue weighted by Gasteiger charge is -2.05. The molecule has 0 nitrogen and oxygen atoms in total. The molecule has 0 heterocycles. The van der Waals surface area contributed by atoms with Crippen LogP contribution in [-0.2, 0) is 0 Å². The molecule has 0 aromatic heterocycles. The maximum absolute atomic E-state index is 13.1. The van der Waals surface area contributed by atoms with Crippen molar-refractivity contribution in [1.82, 2.24) is 0 Å². The Morgan fingerprint density at radius 1 is 1.17 bits per heavy atom. The maximum atomic E-state index is 13.1. The van der Waals surface area contributed by atoms with Gasteiger partial charge in [-0.25, -0.2) is 0 Å². The van der Waals surface area contributed by atoms with Crippen molar-refractivity contribution in [3.05, 3.63) is 12.2 Å². The molecule has 2 heteroatoms. The van der Waals surface area contributed by atoms with E-state index in [1.54, 1.807) is 13.1 Å². The highest BCUT2D eigenvalue weighted by atomic mass is 28.4. The highest BCUT2D eigenvalue weighted by Gasteiger charge is 2.16. The fourth-order valence-corrected chi connectivity index (χ4v) is 1.72. The van der Waals surface area contributed by atoms with Crippen LogP contribution in [0.25, 0.3) is 0 Å². The van der Waals surface area contributed by atoms with Crippen molar-refractivity contribution < 1.29 is 4.11 Å². The predicted octanol–water partition coefficient (Wildman–Crippen LogP) is 4.30. The molecule has 0 aromatic carbocycles. The summed E-state index contributed by atoms with van der Waals surface area (Å²) in [6.45, 7) is 5.70. The third-order valence-electron chi connectivity index (χ3n) is 1.74. The average Bonchev–Trinajstić information content (AvgIpc) is 1.94. The van der Waals surface area contributed by atoms with Crippen LogP contribution < -0.4 is 0 Å². The standard InChI is InChI=1S/C10H21FSi/c1-4-5-6-7-8-9-10-12(2,3)11/h8-9H,4-7,10H2,1-3H3/b9-8+. The summed E-state index contributed by atoms with van der Waals surface area (Å²) >= 11 is 0. The molecule has 0 radical (unpaired) electrons. The van der Waals surface area contributed by atoms with E-state index in [-0.39, 0.29) is 0 Å². The summed E-state index contributed by atoms with van der Waals surface area (Å²) < 4.78 is 13.1. The fraction of sp³-hybridized carbons (Fsp3) is 0.800. The molecule has 0 aliphatic rings. The molecule has 0 rings (SSSR count). The predicted molar refractivity (Wildman–Crippen MR) is 56.7 cm³/mol. The van der Waals surface area contributed by atoms with E-state index >= 15 is 0 Å². The summed E-state index contributed by atoms with van der Waals surface area (Å²) in [5.74, 6) is 0. The van der Waals surface area contributed by atoms with Crippen LogP contribution in [0.3, 0.4) is 0 Å². The molecule has 0 spiro atoms. The van der Waals surface area contributed by atoms with E-state index in [0.717, 1.165) is 6.42 Å². The highest BCUT2D eigenvalue weighted by Crippen LogP contribution is 2.11. The van der Waals surface area contributed by atoms with E-state index in [2.05, 4.69) is 13.0 Å². The number of hydrogen-bond donors (Lipinski definition) is 0. The lowest BCUT2D eigenvalue weighted by Crippen LogP contribution is -2.15. The smallest absolute Gasteiger partial charge is 0.244 e. The molecule has 0 unspecified atom stereocenters. The maximum Gasteiger partial charge on any atom is 0.244 e. The Labute approximate surface area is 77.1 Å². The summed E-state index contributed by atoms with van der Waals surface area (Å²) in [6, 6.07) is 0.680. The van der Waals surface area contributed by atoms with Crippen LogP contribution in [-0.4, -0.2) is 8.41 Å². The van der Waals surface area contributed by atoms with Crippen LogP contribution in [0.4, 0.5) is 4.11 Å². The van der Waals surface area contributed by atoms with Crippen LogP contribution in [0.2, 0.25) is 19.1 Å². The van der Waals surface area contributed by atoms with Gasteiger partial charge < -0.3 is 4.11 Å². The van der Waals surface area contributed by atoms with Crippen LogP contribution in [0.5, 0.6) is 0 Å². The van der Waals surface area contributed by atoms with Gasteiger partial charge in [0.25, 0.3) is 0 Å². The first kappa shape index (κ1) is 11.9. The van der Waals surface area contributed by atoms with Crippen molar-refractivity contribution in [2.45, 2.75) is 51.7 Å². The van der Waals surface area contributed by atoms with E-state index in [1.807, 2.05) is 6.08 Å². The van der Waals surface area contributed by atoms with Gasteiger partial charge in [0.15, 0.2) is 0 Å². The van der Waals surface area contributed by atoms with E-state index in [0.29, 0.717) is 6.04 Å². The van der Waals surface area contributed by atoms with Gasteiger partial charge in [-0.15, -0.1) is 0 Å².